The Labute approximate surface area is 161 Å². The number of carbonyl (C=O) groups excluding carboxylic acids is 2. The van der Waals surface area contributed by atoms with Crippen LogP contribution < -0.4 is 5.32 Å². The van der Waals surface area contributed by atoms with E-state index in [9.17, 15) is 14.4 Å². The molecule has 2 aromatic carbocycles. The average molecular weight is 387 g/mol. The van der Waals surface area contributed by atoms with Gasteiger partial charge in [-0.15, -0.1) is 0 Å². The predicted molar refractivity (Wildman–Crippen MR) is 101 cm³/mol. The van der Waals surface area contributed by atoms with Crippen molar-refractivity contribution in [1.82, 2.24) is 10.2 Å². The fraction of sp³-hybridized carbons (Fsp3) is 0.250. The molecule has 0 radical (unpaired) electrons. The molecule has 0 saturated heterocycles. The molecule has 3 rings (SSSR count). The topological polar surface area (TPSA) is 86.7 Å². The van der Waals surface area contributed by atoms with Crippen LogP contribution in [0, 0.1) is 0 Å². The molecule has 2 atom stereocenters. The van der Waals surface area contributed by atoms with Gasteiger partial charge in [-0.25, -0.2) is 0 Å². The third-order valence-electron chi connectivity index (χ3n) is 4.65. The first kappa shape index (κ1) is 18.9. The van der Waals surface area contributed by atoms with E-state index in [-0.39, 0.29) is 12.5 Å². The van der Waals surface area contributed by atoms with E-state index < -0.39 is 24.0 Å². The summed E-state index contributed by atoms with van der Waals surface area (Å²) in [5.41, 5.74) is 2.22. The largest absolute Gasteiger partial charge is 0.480 e. The standard InChI is InChI=1S/C20H19ClN2O4/c1-12(20(26)27)22-18(24)17-10-13-6-2-3-7-14(13)11-23(17)19(25)15-8-4-5-9-16(15)21/h2-9,12,17H,10-11H2,1H3,(H,22,24)(H,26,27). The quantitative estimate of drug-likeness (QED) is 0.845. The summed E-state index contributed by atoms with van der Waals surface area (Å²) in [5.74, 6) is -2.00. The van der Waals surface area contributed by atoms with Gasteiger partial charge in [-0.05, 0) is 30.2 Å². The highest BCUT2D eigenvalue weighted by molar-refractivity contribution is 6.33. The van der Waals surface area contributed by atoms with Gasteiger partial charge in [0.05, 0.1) is 10.6 Å². The van der Waals surface area contributed by atoms with E-state index in [1.165, 1.54) is 11.8 Å². The molecule has 1 heterocycles. The summed E-state index contributed by atoms with van der Waals surface area (Å²) in [6.45, 7) is 1.64. The average Bonchev–Trinajstić information content (AvgIpc) is 2.66. The maximum absolute atomic E-state index is 13.1. The molecule has 0 bridgehead atoms. The Morgan fingerprint density at radius 2 is 1.74 bits per heavy atom. The van der Waals surface area contributed by atoms with Gasteiger partial charge in [0.25, 0.3) is 5.91 Å². The lowest BCUT2D eigenvalue weighted by Gasteiger charge is -2.36. The van der Waals surface area contributed by atoms with Crippen LogP contribution in [0.15, 0.2) is 48.5 Å². The zero-order valence-electron chi connectivity index (χ0n) is 14.7. The van der Waals surface area contributed by atoms with Crippen LogP contribution in [0.1, 0.15) is 28.4 Å². The van der Waals surface area contributed by atoms with Crippen molar-refractivity contribution in [2.45, 2.75) is 32.0 Å². The molecule has 0 spiro atoms. The van der Waals surface area contributed by atoms with Crippen LogP contribution in [0.25, 0.3) is 0 Å². The Bertz CT molecular complexity index is 899. The van der Waals surface area contributed by atoms with Crippen molar-refractivity contribution in [2.24, 2.45) is 0 Å². The number of nitrogens with zero attached hydrogens (tertiary/aromatic N) is 1. The SMILES string of the molecule is CC(NC(=O)C1Cc2ccccc2CN1C(=O)c1ccccc1Cl)C(=O)O. The second-order valence-electron chi connectivity index (χ2n) is 6.47. The maximum atomic E-state index is 13.1. The minimum Gasteiger partial charge on any atom is -0.480 e. The van der Waals surface area contributed by atoms with Crippen LogP contribution in [-0.2, 0) is 22.6 Å². The summed E-state index contributed by atoms with van der Waals surface area (Å²) in [6, 6.07) is 12.4. The number of amides is 2. The van der Waals surface area contributed by atoms with Crippen molar-refractivity contribution < 1.29 is 19.5 Å². The van der Waals surface area contributed by atoms with E-state index in [4.69, 9.17) is 16.7 Å². The van der Waals surface area contributed by atoms with Crippen molar-refractivity contribution >= 4 is 29.4 Å². The number of halogens is 1. The molecule has 2 N–H and O–H groups in total. The van der Waals surface area contributed by atoms with Crippen LogP contribution in [0.4, 0.5) is 0 Å². The lowest BCUT2D eigenvalue weighted by atomic mass is 9.92. The van der Waals surface area contributed by atoms with Gasteiger partial charge in [0, 0.05) is 13.0 Å². The van der Waals surface area contributed by atoms with E-state index in [0.717, 1.165) is 11.1 Å². The first-order chi connectivity index (χ1) is 12.9. The highest BCUT2D eigenvalue weighted by Gasteiger charge is 2.36. The fourth-order valence-corrected chi connectivity index (χ4v) is 3.35. The molecular weight excluding hydrogens is 368 g/mol. The third-order valence-corrected chi connectivity index (χ3v) is 4.98. The normalized spacial score (nSPS) is 17.0. The zero-order valence-corrected chi connectivity index (χ0v) is 15.4. The van der Waals surface area contributed by atoms with E-state index >= 15 is 0 Å². The molecule has 6 nitrogen and oxygen atoms in total. The Hall–Kier alpha value is -2.86. The van der Waals surface area contributed by atoms with Gasteiger partial charge in [0.2, 0.25) is 5.91 Å². The van der Waals surface area contributed by atoms with Crippen LogP contribution in [0.2, 0.25) is 5.02 Å². The Balaban J connectivity index is 1.95. The summed E-state index contributed by atoms with van der Waals surface area (Å²) >= 11 is 6.17. The Kier molecular flexibility index (Phi) is 5.46. The molecule has 2 aromatic rings. The number of carbonyl (C=O) groups is 3. The second-order valence-corrected chi connectivity index (χ2v) is 6.88. The van der Waals surface area contributed by atoms with Gasteiger partial charge in [0.1, 0.15) is 12.1 Å². The number of rotatable bonds is 4. The molecule has 140 valence electrons. The van der Waals surface area contributed by atoms with Crippen molar-refractivity contribution in [3.8, 4) is 0 Å². The van der Waals surface area contributed by atoms with E-state index in [1.807, 2.05) is 24.3 Å². The number of aliphatic carboxylic acids is 1. The number of benzene rings is 2. The molecular formula is C20H19ClN2O4. The van der Waals surface area contributed by atoms with E-state index in [0.29, 0.717) is 17.0 Å². The Morgan fingerprint density at radius 3 is 2.41 bits per heavy atom. The highest BCUT2D eigenvalue weighted by Crippen LogP contribution is 2.27. The van der Waals surface area contributed by atoms with E-state index in [1.54, 1.807) is 24.3 Å². The monoisotopic (exact) mass is 386 g/mol. The van der Waals surface area contributed by atoms with Gasteiger partial charge in [-0.1, -0.05) is 48.0 Å². The number of fused-ring (bicyclic) bond motifs is 1. The summed E-state index contributed by atoms with van der Waals surface area (Å²) in [5, 5.41) is 11.8. The molecule has 27 heavy (non-hydrogen) atoms. The van der Waals surface area contributed by atoms with Gasteiger partial charge >= 0.3 is 5.97 Å². The number of carboxylic acids is 1. The lowest BCUT2D eigenvalue weighted by molar-refractivity contribution is -0.142. The molecule has 2 unspecified atom stereocenters. The fourth-order valence-electron chi connectivity index (χ4n) is 3.13. The second kappa shape index (κ2) is 7.80. The minimum atomic E-state index is -1.14. The summed E-state index contributed by atoms with van der Waals surface area (Å²) in [7, 11) is 0. The predicted octanol–water partition coefficient (Wildman–Crippen LogP) is 2.50. The van der Waals surface area contributed by atoms with Crippen molar-refractivity contribution in [3.63, 3.8) is 0 Å². The number of hydrogen-bond donors (Lipinski definition) is 2. The number of hydrogen-bond acceptors (Lipinski definition) is 3. The minimum absolute atomic E-state index is 0.250. The van der Waals surface area contributed by atoms with Gasteiger partial charge in [-0.2, -0.15) is 0 Å². The van der Waals surface area contributed by atoms with Gasteiger partial charge in [-0.3, -0.25) is 14.4 Å². The first-order valence-electron chi connectivity index (χ1n) is 8.54. The smallest absolute Gasteiger partial charge is 0.325 e. The Morgan fingerprint density at radius 1 is 1.11 bits per heavy atom. The third kappa shape index (κ3) is 3.95. The summed E-state index contributed by atoms with van der Waals surface area (Å²) in [6.07, 6.45) is 0.310. The molecule has 1 aliphatic heterocycles. The maximum Gasteiger partial charge on any atom is 0.325 e. The van der Waals surface area contributed by atoms with Gasteiger partial charge < -0.3 is 15.3 Å². The molecule has 0 aromatic heterocycles. The number of carboxylic acid groups (broad SMARTS) is 1. The number of nitrogens with one attached hydrogen (secondary N) is 1. The first-order valence-corrected chi connectivity index (χ1v) is 8.91. The summed E-state index contributed by atoms with van der Waals surface area (Å²) < 4.78 is 0. The zero-order chi connectivity index (χ0) is 19.6. The summed E-state index contributed by atoms with van der Waals surface area (Å²) in [4.78, 5) is 38.4. The van der Waals surface area contributed by atoms with Crippen LogP contribution >= 0.6 is 11.6 Å². The van der Waals surface area contributed by atoms with E-state index in [2.05, 4.69) is 5.32 Å². The molecule has 1 aliphatic rings. The molecule has 0 saturated carbocycles. The lowest BCUT2D eigenvalue weighted by Crippen LogP contribution is -2.55. The van der Waals surface area contributed by atoms with Crippen molar-refractivity contribution in [1.29, 1.82) is 0 Å². The van der Waals surface area contributed by atoms with Crippen LogP contribution in [0.3, 0.4) is 0 Å². The van der Waals surface area contributed by atoms with Gasteiger partial charge in [0.15, 0.2) is 0 Å². The highest BCUT2D eigenvalue weighted by atomic mass is 35.5. The molecule has 7 heteroatoms. The molecule has 2 amide bonds. The van der Waals surface area contributed by atoms with Crippen LogP contribution in [0.5, 0.6) is 0 Å². The van der Waals surface area contributed by atoms with Crippen molar-refractivity contribution in [2.75, 3.05) is 0 Å². The van der Waals surface area contributed by atoms with Crippen LogP contribution in [-0.4, -0.2) is 39.9 Å². The van der Waals surface area contributed by atoms with Crippen molar-refractivity contribution in [3.05, 3.63) is 70.2 Å². The molecule has 0 fully saturated rings. The molecule has 0 aliphatic carbocycles.